The van der Waals surface area contributed by atoms with Gasteiger partial charge in [-0.1, -0.05) is 64.2 Å². The van der Waals surface area contributed by atoms with E-state index in [0.29, 0.717) is 18.9 Å². The highest BCUT2D eigenvalue weighted by Crippen LogP contribution is 2.15. The molecule has 0 heterocycles. The summed E-state index contributed by atoms with van der Waals surface area (Å²) in [5.41, 5.74) is 0. The van der Waals surface area contributed by atoms with Gasteiger partial charge in [0.15, 0.2) is 0 Å². The second kappa shape index (κ2) is 13.4. The summed E-state index contributed by atoms with van der Waals surface area (Å²) in [6, 6.07) is 0. The molecule has 2 heteroatoms. The quantitative estimate of drug-likeness (QED) is 0.265. The predicted octanol–water partition coefficient (Wildman–Crippen LogP) is 5.05. The minimum atomic E-state index is -0.100. The van der Waals surface area contributed by atoms with Gasteiger partial charge in [-0.2, -0.15) is 0 Å². The van der Waals surface area contributed by atoms with Crippen molar-refractivity contribution in [3.63, 3.8) is 0 Å². The van der Waals surface area contributed by atoms with Crippen LogP contribution >= 0.6 is 0 Å². The highest BCUT2D eigenvalue weighted by molar-refractivity contribution is 5.69. The molecule has 0 amide bonds. The molecule has 0 aliphatic heterocycles. The normalized spacial score (nSPS) is 11.8. The fourth-order valence-electron chi connectivity index (χ4n) is 2.09. The fraction of sp³-hybridized carbons (Fsp3) is 0.706. The minimum absolute atomic E-state index is 0.100. The molecule has 0 N–H and O–H groups in total. The van der Waals surface area contributed by atoms with Crippen LogP contribution in [-0.4, -0.2) is 12.6 Å². The number of allylic oxidation sites excluding steroid dienone is 1. The lowest BCUT2D eigenvalue weighted by atomic mass is 9.99. The van der Waals surface area contributed by atoms with E-state index in [1.54, 1.807) is 6.08 Å². The molecule has 0 saturated carbocycles. The Bertz CT molecular complexity index is 246. The largest absolute Gasteiger partial charge is 0.461 e. The van der Waals surface area contributed by atoms with Crippen molar-refractivity contribution in [1.29, 1.82) is 0 Å². The number of unbranched alkanes of at least 4 members (excludes halogenated alkanes) is 6. The molecular formula is C17H30O2. The summed E-state index contributed by atoms with van der Waals surface area (Å²) in [6.45, 7) is 9.71. The average Bonchev–Trinajstić information content (AvgIpc) is 2.39. The molecule has 0 aromatic heterocycles. The molecule has 0 aromatic carbocycles. The Labute approximate surface area is 118 Å². The molecule has 0 saturated heterocycles. The van der Waals surface area contributed by atoms with Crippen LogP contribution in [0.2, 0.25) is 0 Å². The van der Waals surface area contributed by atoms with Crippen molar-refractivity contribution >= 4 is 5.97 Å². The summed E-state index contributed by atoms with van der Waals surface area (Å²) in [4.78, 5) is 11.4. The Kier molecular flexibility index (Phi) is 12.6. The maximum atomic E-state index is 11.4. The van der Waals surface area contributed by atoms with E-state index in [4.69, 9.17) is 4.74 Å². The topological polar surface area (TPSA) is 26.3 Å². The highest BCUT2D eigenvalue weighted by atomic mass is 16.5. The van der Waals surface area contributed by atoms with E-state index in [1.165, 1.54) is 38.5 Å². The van der Waals surface area contributed by atoms with Crippen molar-refractivity contribution in [3.8, 4) is 0 Å². The van der Waals surface area contributed by atoms with Crippen molar-refractivity contribution in [2.24, 2.45) is 5.92 Å². The Balaban J connectivity index is 3.32. The molecule has 0 rings (SSSR count). The number of carbonyl (C=O) groups is 1. The molecule has 0 aliphatic rings. The molecule has 0 fully saturated rings. The van der Waals surface area contributed by atoms with Gasteiger partial charge in [0.2, 0.25) is 0 Å². The first-order chi connectivity index (χ1) is 9.20. The first kappa shape index (κ1) is 17.9. The molecule has 0 aromatic rings. The summed E-state index contributed by atoms with van der Waals surface area (Å²) < 4.78 is 4.98. The smallest absolute Gasteiger partial charge is 0.306 e. The van der Waals surface area contributed by atoms with Gasteiger partial charge >= 0.3 is 5.97 Å². The summed E-state index contributed by atoms with van der Waals surface area (Å²) >= 11 is 0. The number of hydrogen-bond donors (Lipinski definition) is 0. The van der Waals surface area contributed by atoms with Gasteiger partial charge in [-0.05, 0) is 18.8 Å². The van der Waals surface area contributed by atoms with Crippen molar-refractivity contribution in [1.82, 2.24) is 0 Å². The first-order valence-electron chi connectivity index (χ1n) is 7.58. The van der Waals surface area contributed by atoms with Gasteiger partial charge in [-0.3, -0.25) is 4.79 Å². The van der Waals surface area contributed by atoms with E-state index >= 15 is 0 Å². The molecule has 0 bridgehead atoms. The Morgan fingerprint density at radius 2 is 1.68 bits per heavy atom. The molecular weight excluding hydrogens is 236 g/mol. The molecule has 0 radical (unpaired) electrons. The van der Waals surface area contributed by atoms with Crippen molar-refractivity contribution in [2.75, 3.05) is 6.61 Å². The van der Waals surface area contributed by atoms with Crippen molar-refractivity contribution in [3.05, 3.63) is 25.3 Å². The van der Waals surface area contributed by atoms with Crippen LogP contribution in [0.5, 0.6) is 0 Å². The van der Waals surface area contributed by atoms with Crippen LogP contribution < -0.4 is 0 Å². The van der Waals surface area contributed by atoms with Crippen LogP contribution in [0.15, 0.2) is 25.3 Å². The average molecular weight is 266 g/mol. The van der Waals surface area contributed by atoms with Crippen LogP contribution in [0.1, 0.15) is 64.7 Å². The first-order valence-corrected chi connectivity index (χ1v) is 7.58. The number of hydrogen-bond acceptors (Lipinski definition) is 2. The molecule has 0 aliphatic carbocycles. The molecule has 110 valence electrons. The van der Waals surface area contributed by atoms with E-state index < -0.39 is 0 Å². The minimum Gasteiger partial charge on any atom is -0.461 e. The molecule has 19 heavy (non-hydrogen) atoms. The molecule has 1 atom stereocenters. The van der Waals surface area contributed by atoms with Gasteiger partial charge in [0, 0.05) is 6.42 Å². The van der Waals surface area contributed by atoms with Crippen LogP contribution in [0.3, 0.4) is 0 Å². The van der Waals surface area contributed by atoms with Crippen molar-refractivity contribution < 1.29 is 9.53 Å². The fourth-order valence-corrected chi connectivity index (χ4v) is 2.09. The zero-order valence-electron chi connectivity index (χ0n) is 12.5. The van der Waals surface area contributed by atoms with Gasteiger partial charge < -0.3 is 4.74 Å². The third-order valence-corrected chi connectivity index (χ3v) is 3.23. The van der Waals surface area contributed by atoms with Gasteiger partial charge in [-0.25, -0.2) is 0 Å². The monoisotopic (exact) mass is 266 g/mol. The third kappa shape index (κ3) is 13.2. The zero-order valence-corrected chi connectivity index (χ0v) is 12.5. The lowest BCUT2D eigenvalue weighted by Crippen LogP contribution is -2.09. The maximum absolute atomic E-state index is 11.4. The summed E-state index contributed by atoms with van der Waals surface area (Å²) in [6.07, 6.45) is 14.1. The van der Waals surface area contributed by atoms with E-state index in [0.717, 1.165) is 12.8 Å². The Hall–Kier alpha value is -1.05. The van der Waals surface area contributed by atoms with Gasteiger partial charge in [0.05, 0.1) is 0 Å². The van der Waals surface area contributed by atoms with Gasteiger partial charge in [-0.15, -0.1) is 6.58 Å². The second-order valence-corrected chi connectivity index (χ2v) is 5.27. The Morgan fingerprint density at radius 1 is 1.05 bits per heavy atom. The Morgan fingerprint density at radius 3 is 2.32 bits per heavy atom. The molecule has 2 nitrogen and oxygen atoms in total. The number of esters is 1. The zero-order chi connectivity index (χ0) is 14.3. The number of ether oxygens (including phenoxy) is 1. The van der Waals surface area contributed by atoms with E-state index in [1.807, 2.05) is 6.08 Å². The second-order valence-electron chi connectivity index (χ2n) is 5.27. The number of rotatable bonds is 13. The van der Waals surface area contributed by atoms with Gasteiger partial charge in [0.1, 0.15) is 6.61 Å². The van der Waals surface area contributed by atoms with Crippen LogP contribution in [-0.2, 0) is 9.53 Å². The lowest BCUT2D eigenvalue weighted by molar-refractivity contribution is -0.143. The lowest BCUT2D eigenvalue weighted by Gasteiger charge is -2.10. The number of carbonyl (C=O) groups excluding carboxylic acids is 1. The molecule has 1 unspecified atom stereocenters. The predicted molar refractivity (Wildman–Crippen MR) is 82.1 cm³/mol. The summed E-state index contributed by atoms with van der Waals surface area (Å²) in [5.74, 6) is 0.329. The standard InChI is InChI=1S/C17H30O2/c1-4-6-7-8-9-10-11-12-13-16(3)15-17(18)19-14-5-2/h4-5,16H,1-2,6-15H2,3H3. The summed E-state index contributed by atoms with van der Waals surface area (Å²) in [7, 11) is 0. The molecule has 0 spiro atoms. The van der Waals surface area contributed by atoms with Gasteiger partial charge in [0.25, 0.3) is 0 Å². The summed E-state index contributed by atoms with van der Waals surface area (Å²) in [5, 5.41) is 0. The van der Waals surface area contributed by atoms with E-state index in [2.05, 4.69) is 20.1 Å². The third-order valence-electron chi connectivity index (χ3n) is 3.23. The van der Waals surface area contributed by atoms with Crippen LogP contribution in [0, 0.1) is 5.92 Å². The van der Waals surface area contributed by atoms with E-state index in [-0.39, 0.29) is 5.97 Å². The maximum Gasteiger partial charge on any atom is 0.306 e. The van der Waals surface area contributed by atoms with Crippen molar-refractivity contribution in [2.45, 2.75) is 64.7 Å². The highest BCUT2D eigenvalue weighted by Gasteiger charge is 2.09. The van der Waals surface area contributed by atoms with Crippen LogP contribution in [0.25, 0.3) is 0 Å². The van der Waals surface area contributed by atoms with E-state index in [9.17, 15) is 4.79 Å². The SMILES string of the molecule is C=CCCCCCCCCC(C)CC(=O)OCC=C. The van der Waals surface area contributed by atoms with Crippen LogP contribution in [0.4, 0.5) is 0 Å².